The zero-order valence-corrected chi connectivity index (χ0v) is 16.3. The minimum atomic E-state index is -0.569. The van der Waals surface area contributed by atoms with Crippen LogP contribution >= 0.6 is 11.6 Å². The summed E-state index contributed by atoms with van der Waals surface area (Å²) in [7, 11) is 0. The molecule has 140 valence electrons. The van der Waals surface area contributed by atoms with Gasteiger partial charge in [0.1, 0.15) is 11.5 Å². The van der Waals surface area contributed by atoms with Crippen molar-refractivity contribution in [3.63, 3.8) is 0 Å². The molecule has 0 bridgehead atoms. The summed E-state index contributed by atoms with van der Waals surface area (Å²) in [6.07, 6.45) is 1.36. The normalized spacial score (nSPS) is 11.9. The maximum absolute atomic E-state index is 12.1. The van der Waals surface area contributed by atoms with Gasteiger partial charge in [-0.05, 0) is 69.5 Å². The number of amides is 1. The van der Waals surface area contributed by atoms with Gasteiger partial charge >= 0.3 is 0 Å². The summed E-state index contributed by atoms with van der Waals surface area (Å²) in [6, 6.07) is 15.1. The topological polar surface area (TPSA) is 47.6 Å². The first-order chi connectivity index (χ1) is 12.4. The minimum absolute atomic E-state index is 0.134. The monoisotopic (exact) mass is 375 g/mol. The summed E-state index contributed by atoms with van der Waals surface area (Å²) in [4.78, 5) is 12.1. The highest BCUT2D eigenvalue weighted by molar-refractivity contribution is 6.30. The molecular weight excluding hydrogens is 350 g/mol. The van der Waals surface area contributed by atoms with Crippen LogP contribution in [0.3, 0.4) is 0 Å². The van der Waals surface area contributed by atoms with Crippen molar-refractivity contribution in [3.8, 4) is 11.5 Å². The molecule has 0 radical (unpaired) electrons. The van der Waals surface area contributed by atoms with Crippen LogP contribution in [0.4, 0.5) is 0 Å². The van der Waals surface area contributed by atoms with E-state index in [0.717, 1.165) is 18.6 Å². The van der Waals surface area contributed by atoms with Crippen molar-refractivity contribution in [1.29, 1.82) is 0 Å². The van der Waals surface area contributed by atoms with E-state index in [4.69, 9.17) is 21.1 Å². The average Bonchev–Trinajstić information content (AvgIpc) is 2.59. The second-order valence-corrected chi connectivity index (χ2v) is 6.86. The van der Waals surface area contributed by atoms with Crippen molar-refractivity contribution in [2.45, 2.75) is 45.8 Å². The number of hydrogen-bond acceptors (Lipinski definition) is 3. The van der Waals surface area contributed by atoms with Gasteiger partial charge in [0, 0.05) is 11.6 Å². The third kappa shape index (κ3) is 6.96. The van der Waals surface area contributed by atoms with Gasteiger partial charge in [0.25, 0.3) is 5.91 Å². The van der Waals surface area contributed by atoms with Crippen molar-refractivity contribution in [3.05, 3.63) is 59.1 Å². The molecule has 1 atom stereocenters. The Morgan fingerprint density at radius 2 is 1.77 bits per heavy atom. The van der Waals surface area contributed by atoms with Crippen molar-refractivity contribution >= 4 is 17.5 Å². The predicted octanol–water partition coefficient (Wildman–Crippen LogP) is 4.64. The van der Waals surface area contributed by atoms with Crippen LogP contribution in [0, 0.1) is 0 Å². The lowest BCUT2D eigenvalue weighted by Gasteiger charge is -2.15. The molecule has 1 amide bonds. The number of hydrogen-bond donors (Lipinski definition) is 1. The number of rotatable bonds is 9. The molecule has 0 spiro atoms. The molecule has 2 aromatic carbocycles. The number of benzene rings is 2. The van der Waals surface area contributed by atoms with Gasteiger partial charge < -0.3 is 14.8 Å². The lowest BCUT2D eigenvalue weighted by molar-refractivity contribution is -0.127. The highest BCUT2D eigenvalue weighted by atomic mass is 35.5. The Balaban J connectivity index is 1.69. The summed E-state index contributed by atoms with van der Waals surface area (Å²) in [6.45, 7) is 6.34. The largest absolute Gasteiger partial charge is 0.491 e. The van der Waals surface area contributed by atoms with Gasteiger partial charge in [-0.15, -0.1) is 0 Å². The van der Waals surface area contributed by atoms with Gasteiger partial charge in [0.2, 0.25) is 0 Å². The Hall–Kier alpha value is -2.20. The van der Waals surface area contributed by atoms with E-state index in [-0.39, 0.29) is 12.0 Å². The molecule has 0 aromatic heterocycles. The van der Waals surface area contributed by atoms with E-state index in [0.29, 0.717) is 17.3 Å². The smallest absolute Gasteiger partial charge is 0.260 e. The molecule has 5 heteroatoms. The van der Waals surface area contributed by atoms with E-state index in [1.165, 1.54) is 5.56 Å². The standard InChI is InChI=1S/C21H26ClNO3/c1-15(2)25-19-11-9-17(10-12-19)6-5-13-23-21(24)16(3)26-20-8-4-7-18(22)14-20/h4,7-12,14-16H,5-6,13H2,1-3H3,(H,23,24). The molecule has 1 unspecified atom stereocenters. The van der Waals surface area contributed by atoms with Gasteiger partial charge in [0.15, 0.2) is 6.10 Å². The third-order valence-corrected chi connectivity index (χ3v) is 3.95. The molecule has 0 aliphatic carbocycles. The molecule has 0 saturated carbocycles. The van der Waals surface area contributed by atoms with Crippen LogP contribution in [0.5, 0.6) is 11.5 Å². The van der Waals surface area contributed by atoms with Crippen LogP contribution in [-0.4, -0.2) is 24.7 Å². The summed E-state index contributed by atoms with van der Waals surface area (Å²) in [5, 5.41) is 3.49. The fraction of sp³-hybridized carbons (Fsp3) is 0.381. The number of carbonyl (C=O) groups excluding carboxylic acids is 1. The van der Waals surface area contributed by atoms with Gasteiger partial charge in [-0.25, -0.2) is 0 Å². The number of halogens is 1. The SMILES string of the molecule is CC(C)Oc1ccc(CCCNC(=O)C(C)Oc2cccc(Cl)c2)cc1. The fourth-order valence-electron chi connectivity index (χ4n) is 2.45. The Morgan fingerprint density at radius 1 is 1.04 bits per heavy atom. The first-order valence-electron chi connectivity index (χ1n) is 8.89. The van der Waals surface area contributed by atoms with Gasteiger partial charge in [-0.2, -0.15) is 0 Å². The molecule has 0 fully saturated rings. The zero-order valence-electron chi connectivity index (χ0n) is 15.5. The Morgan fingerprint density at radius 3 is 2.42 bits per heavy atom. The average molecular weight is 376 g/mol. The van der Waals surface area contributed by atoms with Gasteiger partial charge in [-0.1, -0.05) is 29.8 Å². The van der Waals surface area contributed by atoms with Crippen LogP contribution in [0.2, 0.25) is 5.02 Å². The summed E-state index contributed by atoms with van der Waals surface area (Å²) in [5.41, 5.74) is 1.22. The zero-order chi connectivity index (χ0) is 18.9. The quantitative estimate of drug-likeness (QED) is 0.649. The van der Waals surface area contributed by atoms with Gasteiger partial charge in [0.05, 0.1) is 6.10 Å². The molecule has 2 rings (SSSR count). The van der Waals surface area contributed by atoms with E-state index in [2.05, 4.69) is 17.4 Å². The molecule has 2 aromatic rings. The maximum atomic E-state index is 12.1. The summed E-state index contributed by atoms with van der Waals surface area (Å²) in [5.74, 6) is 1.33. The molecule has 0 saturated heterocycles. The Bertz CT molecular complexity index is 701. The third-order valence-electron chi connectivity index (χ3n) is 3.71. The van der Waals surface area contributed by atoms with Crippen LogP contribution in [0.25, 0.3) is 0 Å². The molecule has 0 aliphatic heterocycles. The van der Waals surface area contributed by atoms with Crippen molar-refractivity contribution < 1.29 is 14.3 Å². The lowest BCUT2D eigenvalue weighted by atomic mass is 10.1. The Labute approximate surface area is 160 Å². The van der Waals surface area contributed by atoms with Crippen molar-refractivity contribution in [1.82, 2.24) is 5.32 Å². The first kappa shape index (κ1) is 20.1. The van der Waals surface area contributed by atoms with E-state index in [1.54, 1.807) is 31.2 Å². The summed E-state index contributed by atoms with van der Waals surface area (Å²) < 4.78 is 11.2. The molecule has 1 N–H and O–H groups in total. The lowest BCUT2D eigenvalue weighted by Crippen LogP contribution is -2.36. The second kappa shape index (κ2) is 10.1. The Kier molecular flexibility index (Phi) is 7.79. The van der Waals surface area contributed by atoms with Crippen LogP contribution < -0.4 is 14.8 Å². The van der Waals surface area contributed by atoms with E-state index >= 15 is 0 Å². The van der Waals surface area contributed by atoms with Crippen LogP contribution in [0.1, 0.15) is 32.8 Å². The van der Waals surface area contributed by atoms with E-state index in [9.17, 15) is 4.79 Å². The van der Waals surface area contributed by atoms with Gasteiger partial charge in [-0.3, -0.25) is 4.79 Å². The van der Waals surface area contributed by atoms with E-state index in [1.807, 2.05) is 26.0 Å². The van der Waals surface area contributed by atoms with Crippen molar-refractivity contribution in [2.24, 2.45) is 0 Å². The number of ether oxygens (including phenoxy) is 2. The molecule has 0 heterocycles. The first-order valence-corrected chi connectivity index (χ1v) is 9.27. The summed E-state index contributed by atoms with van der Waals surface area (Å²) >= 11 is 5.91. The highest BCUT2D eigenvalue weighted by Gasteiger charge is 2.14. The molecule has 4 nitrogen and oxygen atoms in total. The highest BCUT2D eigenvalue weighted by Crippen LogP contribution is 2.18. The molecular formula is C21H26ClNO3. The van der Waals surface area contributed by atoms with Crippen LogP contribution in [-0.2, 0) is 11.2 Å². The predicted molar refractivity (Wildman–Crippen MR) is 105 cm³/mol. The minimum Gasteiger partial charge on any atom is -0.491 e. The number of nitrogens with one attached hydrogen (secondary N) is 1. The molecule has 26 heavy (non-hydrogen) atoms. The number of aryl methyl sites for hydroxylation is 1. The van der Waals surface area contributed by atoms with E-state index < -0.39 is 6.10 Å². The fourth-order valence-corrected chi connectivity index (χ4v) is 2.63. The maximum Gasteiger partial charge on any atom is 0.260 e. The number of carbonyl (C=O) groups is 1. The second-order valence-electron chi connectivity index (χ2n) is 6.42. The van der Waals surface area contributed by atoms with Crippen molar-refractivity contribution in [2.75, 3.05) is 6.54 Å². The van der Waals surface area contributed by atoms with Crippen LogP contribution in [0.15, 0.2) is 48.5 Å². The molecule has 0 aliphatic rings.